The van der Waals surface area contributed by atoms with Gasteiger partial charge in [0, 0.05) is 17.8 Å². The first-order valence-corrected chi connectivity index (χ1v) is 8.17. The van der Waals surface area contributed by atoms with Crippen LogP contribution in [0.1, 0.15) is 5.56 Å². The minimum Gasteiger partial charge on any atom is -0.376 e. The standard InChI is InChI=1S/C15H13Cl3N4S/c16-11-7-10(13(18)12(17)8-11)3-6-22-5-2-1-4-15(22,9-19)21-14(20)23/h1-2,4-5,7-8H,3,6H2,(H3,20,21,23). The summed E-state index contributed by atoms with van der Waals surface area (Å²) < 4.78 is 0. The average molecular weight is 388 g/mol. The number of benzene rings is 1. The fraction of sp³-hybridized carbons (Fsp3) is 0.200. The second-order valence-corrected chi connectivity index (χ2v) is 6.53. The fourth-order valence-electron chi connectivity index (χ4n) is 2.28. The van der Waals surface area contributed by atoms with Crippen molar-refractivity contribution >= 4 is 52.1 Å². The Morgan fingerprint density at radius 1 is 1.35 bits per heavy atom. The predicted octanol–water partition coefficient (Wildman–Crippen LogP) is 3.63. The van der Waals surface area contributed by atoms with E-state index in [1.165, 1.54) is 0 Å². The second-order valence-electron chi connectivity index (χ2n) is 4.87. The number of halogens is 3. The molecule has 0 amide bonds. The summed E-state index contributed by atoms with van der Waals surface area (Å²) in [6.07, 6.45) is 7.60. The molecule has 0 spiro atoms. The van der Waals surface area contributed by atoms with Crippen molar-refractivity contribution in [3.05, 3.63) is 57.2 Å². The van der Waals surface area contributed by atoms with E-state index in [2.05, 4.69) is 11.4 Å². The summed E-state index contributed by atoms with van der Waals surface area (Å²) in [6.45, 7) is 0.487. The molecule has 1 heterocycles. The molecule has 0 fully saturated rings. The molecule has 23 heavy (non-hydrogen) atoms. The molecule has 4 nitrogen and oxygen atoms in total. The Morgan fingerprint density at radius 3 is 2.74 bits per heavy atom. The van der Waals surface area contributed by atoms with Gasteiger partial charge in [-0.3, -0.25) is 0 Å². The van der Waals surface area contributed by atoms with Crippen LogP contribution in [0.5, 0.6) is 0 Å². The Balaban J connectivity index is 2.22. The van der Waals surface area contributed by atoms with E-state index in [4.69, 9.17) is 52.8 Å². The average Bonchev–Trinajstić information content (AvgIpc) is 2.50. The smallest absolute Gasteiger partial charge is 0.221 e. The summed E-state index contributed by atoms with van der Waals surface area (Å²) in [5.41, 5.74) is 5.22. The lowest BCUT2D eigenvalue weighted by Gasteiger charge is -2.38. The third-order valence-electron chi connectivity index (χ3n) is 3.34. The van der Waals surface area contributed by atoms with Crippen LogP contribution in [0.3, 0.4) is 0 Å². The number of nitrogens with two attached hydrogens (primary N) is 1. The number of nitrogens with one attached hydrogen (secondary N) is 1. The monoisotopic (exact) mass is 386 g/mol. The Labute approximate surface area is 155 Å². The van der Waals surface area contributed by atoms with E-state index in [1.807, 2.05) is 6.08 Å². The van der Waals surface area contributed by atoms with E-state index in [1.54, 1.807) is 35.4 Å². The molecule has 0 saturated heterocycles. The Kier molecular flexibility index (Phi) is 5.77. The van der Waals surface area contributed by atoms with Crippen LogP contribution in [-0.2, 0) is 6.42 Å². The van der Waals surface area contributed by atoms with E-state index >= 15 is 0 Å². The first kappa shape index (κ1) is 17.9. The Hall–Kier alpha value is -1.45. The number of nitriles is 1. The normalized spacial score (nSPS) is 19.5. The summed E-state index contributed by atoms with van der Waals surface area (Å²) in [5, 5.41) is 13.8. The Morgan fingerprint density at radius 2 is 2.09 bits per heavy atom. The van der Waals surface area contributed by atoms with Crippen LogP contribution in [0.25, 0.3) is 0 Å². The van der Waals surface area contributed by atoms with Crippen molar-refractivity contribution in [2.45, 2.75) is 12.1 Å². The molecule has 0 bridgehead atoms. The molecule has 1 atom stereocenters. The first-order valence-electron chi connectivity index (χ1n) is 6.63. The minimum absolute atomic E-state index is 0.0420. The van der Waals surface area contributed by atoms with Gasteiger partial charge >= 0.3 is 0 Å². The van der Waals surface area contributed by atoms with Crippen LogP contribution in [0, 0.1) is 11.3 Å². The number of rotatable bonds is 4. The van der Waals surface area contributed by atoms with E-state index < -0.39 is 5.66 Å². The van der Waals surface area contributed by atoms with Gasteiger partial charge in [-0.15, -0.1) is 0 Å². The van der Waals surface area contributed by atoms with Gasteiger partial charge in [-0.05, 0) is 48.5 Å². The first-order chi connectivity index (χ1) is 10.9. The quantitative estimate of drug-likeness (QED) is 0.610. The lowest BCUT2D eigenvalue weighted by molar-refractivity contribution is 0.236. The van der Waals surface area contributed by atoms with E-state index in [9.17, 15) is 5.26 Å². The van der Waals surface area contributed by atoms with Gasteiger partial charge in [-0.25, -0.2) is 0 Å². The molecule has 1 aliphatic rings. The SMILES string of the molecule is N#CC1(NC(N)=S)C=CC=CN1CCc1cc(Cl)cc(Cl)c1Cl. The highest BCUT2D eigenvalue weighted by molar-refractivity contribution is 7.80. The van der Waals surface area contributed by atoms with Crippen molar-refractivity contribution in [3.8, 4) is 6.07 Å². The predicted molar refractivity (Wildman–Crippen MR) is 98.4 cm³/mol. The van der Waals surface area contributed by atoms with Gasteiger partial charge in [0.2, 0.25) is 5.66 Å². The van der Waals surface area contributed by atoms with Gasteiger partial charge in [0.05, 0.1) is 10.0 Å². The molecule has 0 radical (unpaired) electrons. The molecule has 1 aromatic carbocycles. The van der Waals surface area contributed by atoms with Crippen LogP contribution >= 0.6 is 47.0 Å². The van der Waals surface area contributed by atoms with Crippen LogP contribution in [0.2, 0.25) is 15.1 Å². The van der Waals surface area contributed by atoms with Crippen molar-refractivity contribution in [1.82, 2.24) is 10.2 Å². The summed E-state index contributed by atoms with van der Waals surface area (Å²) in [6, 6.07) is 5.54. The maximum absolute atomic E-state index is 9.58. The van der Waals surface area contributed by atoms with Gasteiger partial charge in [0.15, 0.2) is 5.11 Å². The molecule has 0 aromatic heterocycles. The molecule has 120 valence electrons. The summed E-state index contributed by atoms with van der Waals surface area (Å²) in [7, 11) is 0. The van der Waals surface area contributed by atoms with Gasteiger partial charge in [0.25, 0.3) is 0 Å². The van der Waals surface area contributed by atoms with Gasteiger partial charge in [-0.1, -0.05) is 40.9 Å². The maximum Gasteiger partial charge on any atom is 0.221 e. The highest BCUT2D eigenvalue weighted by atomic mass is 35.5. The lowest BCUT2D eigenvalue weighted by atomic mass is 10.1. The Bertz CT molecular complexity index is 726. The third kappa shape index (κ3) is 4.10. The number of hydrogen-bond donors (Lipinski definition) is 2. The molecule has 3 N–H and O–H groups in total. The fourth-order valence-corrected chi connectivity index (χ4v) is 3.17. The van der Waals surface area contributed by atoms with Crippen molar-refractivity contribution < 1.29 is 0 Å². The number of thiocarbonyl (C=S) groups is 1. The molecule has 2 rings (SSSR count). The van der Waals surface area contributed by atoms with Crippen molar-refractivity contribution in [3.63, 3.8) is 0 Å². The van der Waals surface area contributed by atoms with E-state index in [-0.39, 0.29) is 5.11 Å². The highest BCUT2D eigenvalue weighted by Crippen LogP contribution is 2.30. The van der Waals surface area contributed by atoms with E-state index in [0.717, 1.165) is 5.56 Å². The number of hydrogen-bond acceptors (Lipinski definition) is 3. The summed E-state index contributed by atoms with van der Waals surface area (Å²) >= 11 is 23.1. The largest absolute Gasteiger partial charge is 0.376 e. The topological polar surface area (TPSA) is 65.1 Å². The maximum atomic E-state index is 9.58. The van der Waals surface area contributed by atoms with Crippen molar-refractivity contribution in [2.24, 2.45) is 5.73 Å². The van der Waals surface area contributed by atoms with Crippen LogP contribution < -0.4 is 11.1 Å². The molecule has 0 saturated carbocycles. The highest BCUT2D eigenvalue weighted by Gasteiger charge is 2.34. The van der Waals surface area contributed by atoms with Crippen LogP contribution in [0.15, 0.2) is 36.6 Å². The van der Waals surface area contributed by atoms with Crippen molar-refractivity contribution in [2.75, 3.05) is 6.54 Å². The summed E-state index contributed by atoms with van der Waals surface area (Å²) in [4.78, 5) is 1.79. The zero-order valence-corrected chi connectivity index (χ0v) is 15.0. The molecule has 8 heteroatoms. The number of nitrogens with zero attached hydrogens (tertiary/aromatic N) is 2. The molecule has 1 aliphatic heterocycles. The minimum atomic E-state index is -1.13. The molecule has 1 unspecified atom stereocenters. The zero-order valence-electron chi connectivity index (χ0n) is 11.9. The number of allylic oxidation sites excluding steroid dienone is 2. The van der Waals surface area contributed by atoms with Gasteiger partial charge in [-0.2, -0.15) is 5.26 Å². The van der Waals surface area contributed by atoms with Gasteiger partial charge in [0.1, 0.15) is 6.07 Å². The second kappa shape index (κ2) is 7.41. The molecule has 0 aliphatic carbocycles. The molecule has 1 aromatic rings. The van der Waals surface area contributed by atoms with Crippen LogP contribution in [-0.4, -0.2) is 22.2 Å². The third-order valence-corrected chi connectivity index (χ3v) is 4.50. The van der Waals surface area contributed by atoms with Gasteiger partial charge < -0.3 is 16.0 Å². The molecular weight excluding hydrogens is 375 g/mol. The van der Waals surface area contributed by atoms with Crippen LogP contribution in [0.4, 0.5) is 0 Å². The van der Waals surface area contributed by atoms with Crippen molar-refractivity contribution in [1.29, 1.82) is 5.26 Å². The molecular formula is C15H13Cl3N4S. The summed E-state index contributed by atoms with van der Waals surface area (Å²) in [5.74, 6) is 0. The van der Waals surface area contributed by atoms with E-state index in [0.29, 0.717) is 28.0 Å². The lowest BCUT2D eigenvalue weighted by Crippen LogP contribution is -2.59. The zero-order chi connectivity index (χ0) is 17.0.